The Labute approximate surface area is 117 Å². The molecule has 0 fully saturated rings. The molecule has 1 aromatic carbocycles. The van der Waals surface area contributed by atoms with E-state index in [-0.39, 0.29) is 11.4 Å². The highest BCUT2D eigenvalue weighted by Gasteiger charge is 2.21. The number of ketones is 1. The number of Topliss-reactive ketones (excluding diaryl/α,β-unsaturated/α-hetero) is 1. The van der Waals surface area contributed by atoms with E-state index in [1.54, 1.807) is 24.3 Å². The van der Waals surface area contributed by atoms with Gasteiger partial charge in [0, 0.05) is 11.4 Å². The molecule has 0 aliphatic carbocycles. The summed E-state index contributed by atoms with van der Waals surface area (Å²) in [5.41, 5.74) is 0.844. The lowest BCUT2D eigenvalue weighted by Gasteiger charge is -2.05. The van der Waals surface area contributed by atoms with E-state index in [0.717, 1.165) is 19.3 Å². The molecule has 0 saturated carbocycles. The molecule has 0 unspecified atom stereocenters. The molecule has 4 nitrogen and oxygen atoms in total. The van der Waals surface area contributed by atoms with Crippen molar-refractivity contribution in [3.63, 3.8) is 0 Å². The van der Waals surface area contributed by atoms with Crippen molar-refractivity contribution < 1.29 is 19.4 Å². The lowest BCUT2D eigenvalue weighted by Crippen LogP contribution is -2.19. The van der Waals surface area contributed by atoms with Crippen LogP contribution in [-0.4, -0.2) is 18.4 Å². The summed E-state index contributed by atoms with van der Waals surface area (Å²) in [7, 11) is 0. The first-order chi connectivity index (χ1) is 9.20. The summed E-state index contributed by atoms with van der Waals surface area (Å²) in [6.45, 7) is 2.35. The van der Waals surface area contributed by atoms with Gasteiger partial charge in [-0.15, -0.1) is 11.6 Å². The van der Waals surface area contributed by atoms with Gasteiger partial charge in [0.1, 0.15) is 0 Å². The van der Waals surface area contributed by atoms with Crippen molar-refractivity contribution in [3.05, 3.63) is 35.4 Å². The summed E-state index contributed by atoms with van der Waals surface area (Å²) in [6, 6.07) is 6.65. The third-order valence-electron chi connectivity index (χ3n) is 2.56. The maximum atomic E-state index is 11.8. The van der Waals surface area contributed by atoms with Gasteiger partial charge in [0.05, 0.1) is 6.61 Å². The quantitative estimate of drug-likeness (QED) is 0.184. The Bertz CT molecular complexity index is 431. The minimum atomic E-state index is -1.02. The second kappa shape index (κ2) is 8.67. The normalized spacial score (nSPS) is 10.2. The van der Waals surface area contributed by atoms with Crippen molar-refractivity contribution >= 4 is 23.4 Å². The van der Waals surface area contributed by atoms with Gasteiger partial charge in [-0.05, 0) is 12.0 Å². The number of halogens is 1. The van der Waals surface area contributed by atoms with Crippen LogP contribution in [0.1, 0.15) is 42.1 Å². The Balaban J connectivity index is 2.50. The van der Waals surface area contributed by atoms with Crippen LogP contribution in [0.3, 0.4) is 0 Å². The topological polar surface area (TPSA) is 52.6 Å². The van der Waals surface area contributed by atoms with E-state index in [2.05, 4.69) is 11.8 Å². The van der Waals surface area contributed by atoms with Gasteiger partial charge in [-0.1, -0.05) is 44.0 Å². The molecule has 0 amide bonds. The van der Waals surface area contributed by atoms with Crippen LogP contribution in [0.25, 0.3) is 0 Å². The van der Waals surface area contributed by atoms with Crippen LogP contribution in [0.5, 0.6) is 0 Å². The van der Waals surface area contributed by atoms with Gasteiger partial charge in [-0.3, -0.25) is 9.68 Å². The third kappa shape index (κ3) is 5.01. The summed E-state index contributed by atoms with van der Waals surface area (Å²) in [6.07, 6.45) is 2.82. The Morgan fingerprint density at radius 1 is 1.21 bits per heavy atom. The highest BCUT2D eigenvalue weighted by Crippen LogP contribution is 2.13. The molecular weight excluding hydrogens is 268 g/mol. The first-order valence-corrected chi connectivity index (χ1v) is 6.76. The number of carbonyl (C=O) groups is 2. The molecule has 0 heterocycles. The predicted molar refractivity (Wildman–Crippen MR) is 71.9 cm³/mol. The number of hydrogen-bond acceptors (Lipinski definition) is 4. The van der Waals surface area contributed by atoms with Gasteiger partial charge in [0.15, 0.2) is 0 Å². The summed E-state index contributed by atoms with van der Waals surface area (Å²) in [5, 5.41) is 0. The minimum Gasteiger partial charge on any atom is -0.289 e. The highest BCUT2D eigenvalue weighted by atomic mass is 35.5. The molecule has 0 aromatic heterocycles. The maximum absolute atomic E-state index is 11.8. The molecule has 0 N–H and O–H groups in total. The molecule has 0 radical (unpaired) electrons. The Kier molecular flexibility index (Phi) is 7.15. The van der Waals surface area contributed by atoms with Crippen LogP contribution in [0.4, 0.5) is 0 Å². The van der Waals surface area contributed by atoms with Crippen LogP contribution in [-0.2, 0) is 20.4 Å². The molecule has 19 heavy (non-hydrogen) atoms. The minimum absolute atomic E-state index is 0.159. The SMILES string of the molecule is CCCCCOOC(=O)C(=O)c1ccccc1CCl. The van der Waals surface area contributed by atoms with Crippen molar-refractivity contribution in [2.45, 2.75) is 32.1 Å². The largest absolute Gasteiger partial charge is 0.413 e. The molecule has 104 valence electrons. The van der Waals surface area contributed by atoms with E-state index in [0.29, 0.717) is 12.2 Å². The molecule has 0 saturated heterocycles. The fraction of sp³-hybridized carbons (Fsp3) is 0.429. The Morgan fingerprint density at radius 2 is 1.95 bits per heavy atom. The number of alkyl halides is 1. The van der Waals surface area contributed by atoms with Crippen LogP contribution in [0.2, 0.25) is 0 Å². The number of benzene rings is 1. The van der Waals surface area contributed by atoms with E-state index < -0.39 is 11.8 Å². The van der Waals surface area contributed by atoms with Crippen molar-refractivity contribution in [1.82, 2.24) is 0 Å². The molecule has 5 heteroatoms. The molecule has 1 rings (SSSR count). The van der Waals surface area contributed by atoms with Gasteiger partial charge >= 0.3 is 5.97 Å². The van der Waals surface area contributed by atoms with Gasteiger partial charge < -0.3 is 0 Å². The standard InChI is InChI=1S/C14H17ClO4/c1-2-3-6-9-18-19-14(17)13(16)12-8-5-4-7-11(12)10-15/h4-5,7-8H,2-3,6,9-10H2,1H3. The van der Waals surface area contributed by atoms with Gasteiger partial charge in [0.25, 0.3) is 5.78 Å². The molecule has 1 aromatic rings. The first kappa shape index (κ1) is 15.7. The Morgan fingerprint density at radius 3 is 2.63 bits per heavy atom. The molecule has 0 atom stereocenters. The smallest absolute Gasteiger partial charge is 0.289 e. The van der Waals surface area contributed by atoms with Crippen molar-refractivity contribution in [3.8, 4) is 0 Å². The van der Waals surface area contributed by atoms with E-state index in [1.807, 2.05) is 0 Å². The number of carbonyl (C=O) groups excluding carboxylic acids is 2. The zero-order valence-electron chi connectivity index (χ0n) is 10.9. The van der Waals surface area contributed by atoms with E-state index >= 15 is 0 Å². The summed E-state index contributed by atoms with van der Waals surface area (Å²) in [4.78, 5) is 32.5. The highest BCUT2D eigenvalue weighted by molar-refractivity contribution is 6.41. The summed E-state index contributed by atoms with van der Waals surface area (Å²) < 4.78 is 0. The van der Waals surface area contributed by atoms with Gasteiger partial charge in [0.2, 0.25) is 0 Å². The average Bonchev–Trinajstić information content (AvgIpc) is 2.46. The van der Waals surface area contributed by atoms with E-state index in [4.69, 9.17) is 16.5 Å². The monoisotopic (exact) mass is 284 g/mol. The average molecular weight is 285 g/mol. The van der Waals surface area contributed by atoms with Crippen LogP contribution < -0.4 is 0 Å². The van der Waals surface area contributed by atoms with Gasteiger partial charge in [-0.25, -0.2) is 4.79 Å². The fourth-order valence-corrected chi connectivity index (χ4v) is 1.75. The molecule has 0 spiro atoms. The Hall–Kier alpha value is -1.39. The third-order valence-corrected chi connectivity index (χ3v) is 2.85. The van der Waals surface area contributed by atoms with Crippen molar-refractivity contribution in [1.29, 1.82) is 0 Å². The summed E-state index contributed by atoms with van der Waals surface area (Å²) in [5.74, 6) is -1.60. The van der Waals surface area contributed by atoms with Crippen molar-refractivity contribution in [2.75, 3.05) is 6.61 Å². The maximum Gasteiger partial charge on any atom is 0.413 e. The van der Waals surface area contributed by atoms with E-state index in [9.17, 15) is 9.59 Å². The zero-order chi connectivity index (χ0) is 14.1. The van der Waals surface area contributed by atoms with E-state index in [1.165, 1.54) is 0 Å². The first-order valence-electron chi connectivity index (χ1n) is 6.22. The van der Waals surface area contributed by atoms with Gasteiger partial charge in [-0.2, -0.15) is 4.89 Å². The van der Waals surface area contributed by atoms with Crippen LogP contribution in [0.15, 0.2) is 24.3 Å². The molecule has 0 aliphatic heterocycles. The lowest BCUT2D eigenvalue weighted by atomic mass is 10.1. The second-order valence-corrected chi connectivity index (χ2v) is 4.29. The summed E-state index contributed by atoms with van der Waals surface area (Å²) >= 11 is 5.71. The van der Waals surface area contributed by atoms with Crippen molar-refractivity contribution in [2.24, 2.45) is 0 Å². The number of unbranched alkanes of at least 4 members (excludes halogenated alkanes) is 2. The predicted octanol–water partition coefficient (Wildman–Crippen LogP) is 3.27. The second-order valence-electron chi connectivity index (χ2n) is 4.02. The molecule has 0 bridgehead atoms. The molecular formula is C14H17ClO4. The van der Waals surface area contributed by atoms with Crippen LogP contribution >= 0.6 is 11.6 Å². The number of hydrogen-bond donors (Lipinski definition) is 0. The van der Waals surface area contributed by atoms with Crippen LogP contribution in [0, 0.1) is 0 Å². The number of rotatable bonds is 8. The fourth-order valence-electron chi connectivity index (χ4n) is 1.51. The molecule has 0 aliphatic rings. The zero-order valence-corrected chi connectivity index (χ0v) is 11.6. The lowest BCUT2D eigenvalue weighted by molar-refractivity contribution is -0.267.